The zero-order valence-electron chi connectivity index (χ0n) is 30.9. The maximum Gasteiger partial charge on any atom is 0.262 e. The van der Waals surface area contributed by atoms with Gasteiger partial charge in [-0.1, -0.05) is 18.2 Å². The Kier molecular flexibility index (Phi) is 8.74. The van der Waals surface area contributed by atoms with Crippen LogP contribution in [0.2, 0.25) is 0 Å². The van der Waals surface area contributed by atoms with E-state index in [0.29, 0.717) is 17.1 Å². The number of imide groups is 2. The number of benzene rings is 3. The van der Waals surface area contributed by atoms with Crippen LogP contribution in [0.4, 0.5) is 23.0 Å². The van der Waals surface area contributed by atoms with E-state index in [2.05, 4.69) is 54.7 Å². The molecule has 1 spiro atoms. The lowest BCUT2D eigenvalue weighted by Gasteiger charge is -2.55. The van der Waals surface area contributed by atoms with Crippen molar-refractivity contribution in [3.05, 3.63) is 84.1 Å². The van der Waals surface area contributed by atoms with Crippen LogP contribution < -0.4 is 25.3 Å². The average molecular weight is 741 g/mol. The first-order valence-corrected chi connectivity index (χ1v) is 19.4. The zero-order valence-corrected chi connectivity index (χ0v) is 30.9. The number of aromatic nitrogens is 2. The van der Waals surface area contributed by atoms with E-state index in [-0.39, 0.29) is 42.2 Å². The van der Waals surface area contributed by atoms with Gasteiger partial charge in [0.25, 0.3) is 11.8 Å². The van der Waals surface area contributed by atoms with Gasteiger partial charge in [-0.2, -0.15) is 0 Å². The topological polar surface area (TPSA) is 148 Å². The predicted octanol–water partition coefficient (Wildman–Crippen LogP) is 4.91. The zero-order chi connectivity index (χ0) is 37.8. The number of nitrogens with zero attached hydrogens (tertiary/aromatic N) is 6. The van der Waals surface area contributed by atoms with Crippen molar-refractivity contribution in [1.29, 1.82) is 0 Å². The summed E-state index contributed by atoms with van der Waals surface area (Å²) < 4.78 is 0. The highest BCUT2D eigenvalue weighted by Crippen LogP contribution is 2.44. The molecule has 3 saturated heterocycles. The summed E-state index contributed by atoms with van der Waals surface area (Å²) in [5.74, 6) is -1.25. The summed E-state index contributed by atoms with van der Waals surface area (Å²) in [5.41, 5.74) is 4.71. The minimum Gasteiger partial charge on any atom is -0.371 e. The Morgan fingerprint density at radius 1 is 0.836 bits per heavy atom. The van der Waals surface area contributed by atoms with E-state index in [4.69, 9.17) is 0 Å². The molecule has 5 aliphatic rings. The third-order valence-corrected chi connectivity index (χ3v) is 12.4. The molecule has 0 bridgehead atoms. The second-order valence-corrected chi connectivity index (χ2v) is 15.8. The van der Waals surface area contributed by atoms with Gasteiger partial charge in [0, 0.05) is 85.7 Å². The number of carbonyl (C=O) groups excluding carboxylic acids is 5. The molecular formula is C42H44N8O5. The van der Waals surface area contributed by atoms with Gasteiger partial charge in [-0.15, -0.1) is 0 Å². The number of para-hydroxylation sites is 1. The van der Waals surface area contributed by atoms with Gasteiger partial charge in [0.15, 0.2) is 0 Å². The fourth-order valence-electron chi connectivity index (χ4n) is 9.33. The number of hydrogen-bond donors (Lipinski definition) is 2. The monoisotopic (exact) mass is 740 g/mol. The molecule has 2 N–H and O–H groups in total. The molecule has 1 saturated carbocycles. The minimum absolute atomic E-state index is 0.0578. The maximum absolute atomic E-state index is 13.3. The number of amides is 5. The molecule has 5 heterocycles. The predicted molar refractivity (Wildman–Crippen MR) is 208 cm³/mol. The number of rotatable bonds is 7. The first kappa shape index (κ1) is 34.9. The molecule has 55 heavy (non-hydrogen) atoms. The standard InChI is InChI=1S/C42H44N8O5/c1-26(51)49(30-8-6-28(7-9-30)44-41-43-23-27-4-2-3-5-35(27)45-41)31-12-10-29(11-13-31)47-20-18-42(19-21-47)24-48(25-42)32-14-15-33-34(22-32)40(55)50(39(33)54)36-16-17-37(52)46-38(36)53/h2-5,10-15,22-23,28,30,36H,6-9,16-21,24-25H2,1H3,(H,43,44,45)(H,46,52,53). The molecule has 5 amide bonds. The van der Waals surface area contributed by atoms with Gasteiger partial charge in [-0.05, 0) is 93.5 Å². The molecule has 13 heteroatoms. The normalized spacial score (nSPS) is 23.4. The van der Waals surface area contributed by atoms with Gasteiger partial charge in [0.05, 0.1) is 16.6 Å². The smallest absolute Gasteiger partial charge is 0.262 e. The van der Waals surface area contributed by atoms with E-state index in [9.17, 15) is 24.0 Å². The van der Waals surface area contributed by atoms with Crippen LogP contribution in [-0.4, -0.2) is 88.7 Å². The molecule has 0 radical (unpaired) electrons. The Hall–Kier alpha value is -5.85. The van der Waals surface area contributed by atoms with Crippen molar-refractivity contribution in [2.24, 2.45) is 5.41 Å². The molecule has 1 unspecified atom stereocenters. The fourth-order valence-corrected chi connectivity index (χ4v) is 9.33. The van der Waals surface area contributed by atoms with Crippen LogP contribution >= 0.6 is 0 Å². The third-order valence-electron chi connectivity index (χ3n) is 12.4. The first-order valence-electron chi connectivity index (χ1n) is 19.4. The van der Waals surface area contributed by atoms with Crippen molar-refractivity contribution in [1.82, 2.24) is 20.2 Å². The average Bonchev–Trinajstić information content (AvgIpc) is 3.42. The number of piperidine rings is 2. The maximum atomic E-state index is 13.3. The summed E-state index contributed by atoms with van der Waals surface area (Å²) in [7, 11) is 0. The molecule has 4 fully saturated rings. The van der Waals surface area contributed by atoms with Gasteiger partial charge >= 0.3 is 0 Å². The van der Waals surface area contributed by atoms with Gasteiger partial charge in [-0.3, -0.25) is 34.2 Å². The van der Waals surface area contributed by atoms with Crippen LogP contribution in [0.1, 0.15) is 79.0 Å². The largest absolute Gasteiger partial charge is 0.371 e. The van der Waals surface area contributed by atoms with E-state index in [1.54, 1.807) is 19.1 Å². The summed E-state index contributed by atoms with van der Waals surface area (Å²) in [4.78, 5) is 80.4. The van der Waals surface area contributed by atoms with Crippen molar-refractivity contribution in [3.8, 4) is 0 Å². The van der Waals surface area contributed by atoms with E-state index >= 15 is 0 Å². The van der Waals surface area contributed by atoms with Crippen molar-refractivity contribution in [3.63, 3.8) is 0 Å². The number of nitrogens with one attached hydrogen (secondary N) is 2. The minimum atomic E-state index is -0.971. The number of hydrogen-bond acceptors (Lipinski definition) is 10. The SMILES string of the molecule is CC(=O)N(c1ccc(N2CCC3(CC2)CN(c2ccc4c(c2)C(=O)N(C2CCC(=O)NC2=O)C4=O)C3)cc1)C1CCC(Nc2ncc3ccccc3n2)CC1. The first-order chi connectivity index (χ1) is 26.6. The van der Waals surface area contributed by atoms with Gasteiger partial charge in [0.1, 0.15) is 6.04 Å². The summed E-state index contributed by atoms with van der Waals surface area (Å²) in [6, 6.07) is 21.2. The highest BCUT2D eigenvalue weighted by molar-refractivity contribution is 6.23. The molecule has 9 rings (SSSR count). The lowest BCUT2D eigenvalue weighted by Crippen LogP contribution is -2.60. The lowest BCUT2D eigenvalue weighted by molar-refractivity contribution is -0.136. The molecule has 1 aliphatic carbocycles. The van der Waals surface area contributed by atoms with Crippen LogP contribution in [0.15, 0.2) is 72.9 Å². The molecule has 3 aromatic carbocycles. The van der Waals surface area contributed by atoms with Gasteiger partial charge < -0.3 is 20.0 Å². The molecule has 4 aliphatic heterocycles. The van der Waals surface area contributed by atoms with E-state index in [0.717, 1.165) is 97.6 Å². The lowest BCUT2D eigenvalue weighted by atomic mass is 9.71. The number of anilines is 4. The van der Waals surface area contributed by atoms with E-state index < -0.39 is 23.8 Å². The number of fused-ring (bicyclic) bond motifs is 2. The summed E-state index contributed by atoms with van der Waals surface area (Å²) in [6.07, 6.45) is 7.84. The van der Waals surface area contributed by atoms with Crippen LogP contribution in [0.5, 0.6) is 0 Å². The van der Waals surface area contributed by atoms with Gasteiger partial charge in [0.2, 0.25) is 23.7 Å². The second-order valence-electron chi connectivity index (χ2n) is 15.8. The van der Waals surface area contributed by atoms with Crippen molar-refractivity contribution < 1.29 is 24.0 Å². The molecule has 4 aromatic rings. The van der Waals surface area contributed by atoms with Crippen LogP contribution in [0.3, 0.4) is 0 Å². The molecule has 13 nitrogen and oxygen atoms in total. The van der Waals surface area contributed by atoms with Crippen LogP contribution in [0, 0.1) is 5.41 Å². The highest BCUT2D eigenvalue weighted by Gasteiger charge is 2.47. The Labute approximate surface area is 319 Å². The van der Waals surface area contributed by atoms with E-state index in [1.807, 2.05) is 41.4 Å². The van der Waals surface area contributed by atoms with E-state index in [1.165, 1.54) is 0 Å². The second kappa shape index (κ2) is 13.8. The summed E-state index contributed by atoms with van der Waals surface area (Å²) >= 11 is 0. The van der Waals surface area contributed by atoms with Crippen LogP contribution in [0.25, 0.3) is 10.9 Å². The van der Waals surface area contributed by atoms with Gasteiger partial charge in [-0.25, -0.2) is 9.97 Å². The molecular weight excluding hydrogens is 697 g/mol. The fraction of sp³-hybridized carbons (Fsp3) is 0.405. The van der Waals surface area contributed by atoms with Crippen molar-refractivity contribution in [2.75, 3.05) is 46.2 Å². The Balaban J connectivity index is 0.777. The summed E-state index contributed by atoms with van der Waals surface area (Å²) in [6.45, 7) is 5.26. The Morgan fingerprint density at radius 2 is 1.55 bits per heavy atom. The molecule has 1 aromatic heterocycles. The quantitative estimate of drug-likeness (QED) is 0.251. The molecule has 282 valence electrons. The third kappa shape index (κ3) is 6.44. The van der Waals surface area contributed by atoms with Crippen molar-refractivity contribution in [2.45, 2.75) is 76.4 Å². The van der Waals surface area contributed by atoms with Crippen molar-refractivity contribution >= 4 is 63.4 Å². The van der Waals surface area contributed by atoms with Crippen LogP contribution in [-0.2, 0) is 14.4 Å². The summed E-state index contributed by atoms with van der Waals surface area (Å²) in [5, 5.41) is 6.79. The highest BCUT2D eigenvalue weighted by atomic mass is 16.2. The Bertz CT molecular complexity index is 2200. The molecule has 1 atom stereocenters. The number of carbonyl (C=O) groups is 5. The Morgan fingerprint density at radius 3 is 2.27 bits per heavy atom.